The van der Waals surface area contributed by atoms with Crippen molar-refractivity contribution < 1.29 is 4.74 Å². The van der Waals surface area contributed by atoms with Crippen LogP contribution in [0.15, 0.2) is 36.9 Å². The van der Waals surface area contributed by atoms with Gasteiger partial charge in [0.2, 0.25) is 0 Å². The summed E-state index contributed by atoms with van der Waals surface area (Å²) in [6, 6.07) is 4.39. The van der Waals surface area contributed by atoms with Gasteiger partial charge in [0.15, 0.2) is 0 Å². The Morgan fingerprint density at radius 1 is 1.42 bits per heavy atom. The maximum atomic E-state index is 6.29. The number of piperidine rings is 1. The summed E-state index contributed by atoms with van der Waals surface area (Å²) >= 11 is 0. The molecule has 24 heavy (non-hydrogen) atoms. The van der Waals surface area contributed by atoms with Gasteiger partial charge < -0.3 is 14.6 Å². The molecule has 6 heteroatoms. The van der Waals surface area contributed by atoms with Crippen molar-refractivity contribution in [3.05, 3.63) is 42.7 Å². The van der Waals surface area contributed by atoms with E-state index in [4.69, 9.17) is 4.74 Å². The molecule has 128 valence electrons. The number of aryl methyl sites for hydroxylation is 1. The van der Waals surface area contributed by atoms with E-state index < -0.39 is 0 Å². The summed E-state index contributed by atoms with van der Waals surface area (Å²) in [5, 5.41) is 3.56. The number of hydrogen-bond donors (Lipinski definition) is 1. The molecular formula is C18H25N5O. The quantitative estimate of drug-likeness (QED) is 0.931. The molecule has 6 nitrogen and oxygen atoms in total. The lowest BCUT2D eigenvalue weighted by atomic mass is 9.88. The smallest absolute Gasteiger partial charge is 0.122 e. The summed E-state index contributed by atoms with van der Waals surface area (Å²) < 4.78 is 8.39. The van der Waals surface area contributed by atoms with Gasteiger partial charge in [-0.15, -0.1) is 0 Å². The van der Waals surface area contributed by atoms with Gasteiger partial charge in [0.1, 0.15) is 5.82 Å². The summed E-state index contributed by atoms with van der Waals surface area (Å²) in [5.41, 5.74) is 1.06. The molecule has 2 aromatic rings. The molecular weight excluding hydrogens is 302 g/mol. The predicted octanol–water partition coefficient (Wildman–Crippen LogP) is 2.05. The number of imidazole rings is 1. The van der Waals surface area contributed by atoms with Crippen molar-refractivity contribution in [1.82, 2.24) is 19.4 Å². The normalized spacial score (nSPS) is 27.6. The van der Waals surface area contributed by atoms with Crippen molar-refractivity contribution in [2.45, 2.75) is 37.5 Å². The van der Waals surface area contributed by atoms with Gasteiger partial charge in [-0.1, -0.05) is 0 Å². The van der Waals surface area contributed by atoms with E-state index in [1.54, 1.807) is 6.20 Å². The van der Waals surface area contributed by atoms with Crippen LogP contribution in [0.2, 0.25) is 0 Å². The van der Waals surface area contributed by atoms with Crippen molar-refractivity contribution in [3.8, 4) is 0 Å². The number of likely N-dealkylation sites (tertiary alicyclic amines) is 1. The first-order valence-electron chi connectivity index (χ1n) is 8.72. The van der Waals surface area contributed by atoms with Crippen LogP contribution < -0.4 is 5.32 Å². The molecule has 2 saturated heterocycles. The first kappa shape index (κ1) is 15.6. The van der Waals surface area contributed by atoms with Crippen LogP contribution in [0.1, 0.15) is 25.1 Å². The number of aromatic nitrogens is 3. The summed E-state index contributed by atoms with van der Waals surface area (Å²) in [4.78, 5) is 11.1. The largest absolute Gasteiger partial charge is 0.379 e. The Bertz CT molecular complexity index is 673. The lowest BCUT2D eigenvalue weighted by Crippen LogP contribution is -2.48. The van der Waals surface area contributed by atoms with Crippen LogP contribution in [0.5, 0.6) is 0 Å². The van der Waals surface area contributed by atoms with E-state index in [9.17, 15) is 0 Å². The Kier molecular flexibility index (Phi) is 4.24. The van der Waals surface area contributed by atoms with Gasteiger partial charge in [0.25, 0.3) is 0 Å². The zero-order valence-electron chi connectivity index (χ0n) is 14.2. The Labute approximate surface area is 142 Å². The van der Waals surface area contributed by atoms with Gasteiger partial charge in [-0.25, -0.2) is 4.98 Å². The number of ether oxygens (including phenoxy) is 1. The Morgan fingerprint density at radius 2 is 2.38 bits per heavy atom. The maximum absolute atomic E-state index is 6.29. The second kappa shape index (κ2) is 6.53. The third-order valence-electron chi connectivity index (χ3n) is 5.15. The molecule has 1 N–H and O–H groups in total. The van der Waals surface area contributed by atoms with Crippen molar-refractivity contribution in [1.29, 1.82) is 0 Å². The molecule has 0 saturated carbocycles. The molecule has 2 fully saturated rings. The van der Waals surface area contributed by atoms with Crippen LogP contribution in [0.3, 0.4) is 0 Å². The molecule has 2 aliphatic rings. The van der Waals surface area contributed by atoms with Gasteiger partial charge >= 0.3 is 0 Å². The van der Waals surface area contributed by atoms with Gasteiger partial charge in [0, 0.05) is 38.4 Å². The van der Waals surface area contributed by atoms with Crippen molar-refractivity contribution in [2.75, 3.05) is 25.0 Å². The predicted molar refractivity (Wildman–Crippen MR) is 92.7 cm³/mol. The van der Waals surface area contributed by atoms with E-state index in [1.165, 1.54) is 6.42 Å². The SMILES string of the molecule is Cn1ccnc1CN1CCCC2(CC(Nc3cccnc3)CO2)C1. The fraction of sp³-hybridized carbons (Fsp3) is 0.556. The average Bonchev–Trinajstić information content (AvgIpc) is 3.16. The van der Waals surface area contributed by atoms with Crippen LogP contribution in [0.4, 0.5) is 5.69 Å². The van der Waals surface area contributed by atoms with Crippen LogP contribution in [-0.2, 0) is 18.3 Å². The molecule has 1 spiro atoms. The minimum atomic E-state index is -0.0106. The number of anilines is 1. The number of pyridine rings is 1. The Morgan fingerprint density at radius 3 is 3.17 bits per heavy atom. The van der Waals surface area contributed by atoms with Crippen molar-refractivity contribution in [3.63, 3.8) is 0 Å². The lowest BCUT2D eigenvalue weighted by Gasteiger charge is -2.39. The zero-order valence-corrected chi connectivity index (χ0v) is 14.2. The molecule has 2 unspecified atom stereocenters. The number of hydrogen-bond acceptors (Lipinski definition) is 5. The molecule has 0 aliphatic carbocycles. The lowest BCUT2D eigenvalue weighted by molar-refractivity contribution is -0.0539. The molecule has 2 aliphatic heterocycles. The van der Waals surface area contributed by atoms with E-state index in [2.05, 4.69) is 37.9 Å². The van der Waals surface area contributed by atoms with Gasteiger partial charge in [-0.05, 0) is 37.9 Å². The Balaban J connectivity index is 1.38. The van der Waals surface area contributed by atoms with E-state index in [0.717, 1.165) is 50.6 Å². The average molecular weight is 327 g/mol. The molecule has 0 aromatic carbocycles. The summed E-state index contributed by atoms with van der Waals surface area (Å²) in [6.07, 6.45) is 10.9. The topological polar surface area (TPSA) is 55.2 Å². The second-order valence-corrected chi connectivity index (χ2v) is 7.05. The summed E-state index contributed by atoms with van der Waals surface area (Å²) in [6.45, 7) is 3.78. The van der Waals surface area contributed by atoms with E-state index >= 15 is 0 Å². The highest BCUT2D eigenvalue weighted by atomic mass is 16.5. The molecule has 0 bridgehead atoms. The van der Waals surface area contributed by atoms with Crippen molar-refractivity contribution >= 4 is 5.69 Å². The zero-order chi connectivity index (χ0) is 16.4. The molecule has 0 amide bonds. The fourth-order valence-electron chi connectivity index (χ4n) is 3.98. The first-order valence-corrected chi connectivity index (χ1v) is 8.72. The van der Waals surface area contributed by atoms with Crippen molar-refractivity contribution in [2.24, 2.45) is 7.05 Å². The van der Waals surface area contributed by atoms with E-state index in [-0.39, 0.29) is 5.60 Å². The fourth-order valence-corrected chi connectivity index (χ4v) is 3.98. The van der Waals surface area contributed by atoms with Crippen LogP contribution in [0, 0.1) is 0 Å². The second-order valence-electron chi connectivity index (χ2n) is 7.05. The molecule has 4 rings (SSSR count). The summed E-state index contributed by atoms with van der Waals surface area (Å²) in [5.74, 6) is 1.12. The highest BCUT2D eigenvalue weighted by Gasteiger charge is 2.43. The molecule has 4 heterocycles. The highest BCUT2D eigenvalue weighted by Crippen LogP contribution is 2.36. The molecule has 2 aromatic heterocycles. The minimum Gasteiger partial charge on any atom is -0.379 e. The minimum absolute atomic E-state index is 0.0106. The first-order chi connectivity index (χ1) is 11.7. The molecule has 2 atom stereocenters. The Hall–Kier alpha value is -1.92. The van der Waals surface area contributed by atoms with Gasteiger partial charge in [0.05, 0.1) is 30.5 Å². The number of nitrogens with zero attached hydrogens (tertiary/aromatic N) is 4. The standard InChI is InChI=1S/C18H25N5O/c1-22-9-7-20-17(22)12-23-8-3-5-18(14-23)10-16(13-24-18)21-15-4-2-6-19-11-15/h2,4,6-7,9,11,16,21H,3,5,8,10,12-14H2,1H3. The van der Waals surface area contributed by atoms with Crippen LogP contribution in [0.25, 0.3) is 0 Å². The van der Waals surface area contributed by atoms with E-state index in [0.29, 0.717) is 6.04 Å². The molecule has 0 radical (unpaired) electrons. The monoisotopic (exact) mass is 327 g/mol. The van der Waals surface area contributed by atoms with Gasteiger partial charge in [-0.3, -0.25) is 9.88 Å². The third-order valence-corrected chi connectivity index (χ3v) is 5.15. The number of nitrogens with one attached hydrogen (secondary N) is 1. The number of rotatable bonds is 4. The van der Waals surface area contributed by atoms with Gasteiger partial charge in [-0.2, -0.15) is 0 Å². The highest BCUT2D eigenvalue weighted by molar-refractivity contribution is 5.41. The van der Waals surface area contributed by atoms with Crippen LogP contribution >= 0.6 is 0 Å². The summed E-state index contributed by atoms with van der Waals surface area (Å²) in [7, 11) is 2.06. The third kappa shape index (κ3) is 3.30. The van der Waals surface area contributed by atoms with Crippen LogP contribution in [-0.4, -0.2) is 50.8 Å². The van der Waals surface area contributed by atoms with E-state index in [1.807, 2.05) is 24.7 Å². The maximum Gasteiger partial charge on any atom is 0.122 e.